The minimum Gasteiger partial charge on any atom is -0.346 e. The molecule has 17 heavy (non-hydrogen) atoms. The van der Waals surface area contributed by atoms with Gasteiger partial charge in [0.1, 0.15) is 6.54 Å². The molecular weight excluding hydrogens is 278 g/mol. The lowest BCUT2D eigenvalue weighted by molar-refractivity contribution is -0.136. The third-order valence-electron chi connectivity index (χ3n) is 1.70. The SMILES string of the molecule is O=C([CH]c1ccc(Cl)c(Cl)c1)NCC(F)(F)F. The van der Waals surface area contributed by atoms with E-state index in [9.17, 15) is 18.0 Å². The smallest absolute Gasteiger partial charge is 0.346 e. The second-order valence-electron chi connectivity index (χ2n) is 3.15. The van der Waals surface area contributed by atoms with Gasteiger partial charge in [-0.05, 0) is 17.7 Å². The summed E-state index contributed by atoms with van der Waals surface area (Å²) in [5.74, 6) is -0.847. The second kappa shape index (κ2) is 5.60. The summed E-state index contributed by atoms with van der Waals surface area (Å²) in [4.78, 5) is 11.1. The fourth-order valence-corrected chi connectivity index (χ4v) is 1.30. The quantitative estimate of drug-likeness (QED) is 0.907. The summed E-state index contributed by atoms with van der Waals surface area (Å²) >= 11 is 11.3. The highest BCUT2D eigenvalue weighted by Crippen LogP contribution is 2.23. The fourth-order valence-electron chi connectivity index (χ4n) is 0.992. The largest absolute Gasteiger partial charge is 0.405 e. The van der Waals surface area contributed by atoms with Crippen molar-refractivity contribution in [3.05, 3.63) is 40.2 Å². The third-order valence-corrected chi connectivity index (χ3v) is 2.44. The van der Waals surface area contributed by atoms with Crippen LogP contribution in [-0.2, 0) is 4.79 Å². The van der Waals surface area contributed by atoms with E-state index >= 15 is 0 Å². The molecule has 1 aromatic rings. The standard InChI is InChI=1S/C10H7Cl2F3NO/c11-7-2-1-6(3-8(7)12)4-9(17)16-5-10(13,14)15/h1-4H,5H2,(H,16,17). The zero-order valence-electron chi connectivity index (χ0n) is 8.31. The Morgan fingerprint density at radius 1 is 1.29 bits per heavy atom. The molecule has 1 rings (SSSR count). The molecule has 1 radical (unpaired) electrons. The number of alkyl halides is 3. The van der Waals surface area contributed by atoms with Crippen molar-refractivity contribution in [2.24, 2.45) is 0 Å². The molecular formula is C10H7Cl2F3NO. The number of nitrogens with one attached hydrogen (secondary N) is 1. The van der Waals surface area contributed by atoms with Gasteiger partial charge in [-0.1, -0.05) is 29.3 Å². The van der Waals surface area contributed by atoms with Gasteiger partial charge in [-0.2, -0.15) is 13.2 Å². The maximum absolute atomic E-state index is 11.8. The van der Waals surface area contributed by atoms with Crippen LogP contribution in [0.2, 0.25) is 10.0 Å². The van der Waals surface area contributed by atoms with Gasteiger partial charge in [0, 0.05) is 0 Å². The van der Waals surface area contributed by atoms with E-state index in [2.05, 4.69) is 0 Å². The molecule has 0 aliphatic rings. The molecule has 2 nitrogen and oxygen atoms in total. The van der Waals surface area contributed by atoms with Crippen LogP contribution in [0.25, 0.3) is 0 Å². The molecule has 0 bridgehead atoms. The molecule has 0 unspecified atom stereocenters. The van der Waals surface area contributed by atoms with E-state index < -0.39 is 18.6 Å². The number of carbonyl (C=O) groups excluding carboxylic acids is 1. The van der Waals surface area contributed by atoms with E-state index in [1.165, 1.54) is 18.2 Å². The maximum Gasteiger partial charge on any atom is 0.405 e. The number of carbonyl (C=O) groups is 1. The van der Waals surface area contributed by atoms with Crippen molar-refractivity contribution in [2.45, 2.75) is 6.18 Å². The summed E-state index contributed by atoms with van der Waals surface area (Å²) in [7, 11) is 0. The van der Waals surface area contributed by atoms with Gasteiger partial charge in [0.15, 0.2) is 0 Å². The molecule has 0 saturated heterocycles. The molecule has 0 spiro atoms. The van der Waals surface area contributed by atoms with E-state index in [1.807, 2.05) is 0 Å². The topological polar surface area (TPSA) is 29.1 Å². The Morgan fingerprint density at radius 2 is 1.94 bits per heavy atom. The van der Waals surface area contributed by atoms with Crippen molar-refractivity contribution in [3.8, 4) is 0 Å². The van der Waals surface area contributed by atoms with Gasteiger partial charge in [-0.25, -0.2) is 0 Å². The summed E-state index contributed by atoms with van der Waals surface area (Å²) < 4.78 is 35.4. The summed E-state index contributed by atoms with van der Waals surface area (Å²) in [6.07, 6.45) is -3.42. The number of halogens is 5. The monoisotopic (exact) mass is 284 g/mol. The van der Waals surface area contributed by atoms with Crippen molar-refractivity contribution in [1.29, 1.82) is 0 Å². The zero-order valence-corrected chi connectivity index (χ0v) is 9.83. The van der Waals surface area contributed by atoms with Crippen LogP contribution in [0.3, 0.4) is 0 Å². The van der Waals surface area contributed by atoms with E-state index in [4.69, 9.17) is 23.2 Å². The first-order chi connectivity index (χ1) is 7.78. The van der Waals surface area contributed by atoms with Crippen LogP contribution in [0.1, 0.15) is 5.56 Å². The van der Waals surface area contributed by atoms with E-state index in [-0.39, 0.29) is 5.02 Å². The average molecular weight is 285 g/mol. The highest BCUT2D eigenvalue weighted by molar-refractivity contribution is 6.42. The predicted molar refractivity (Wildman–Crippen MR) is 58.9 cm³/mol. The van der Waals surface area contributed by atoms with Crippen molar-refractivity contribution >= 4 is 29.1 Å². The molecule has 0 saturated carbocycles. The molecule has 0 aromatic heterocycles. The molecule has 1 amide bonds. The van der Waals surface area contributed by atoms with Crippen molar-refractivity contribution in [3.63, 3.8) is 0 Å². The summed E-state index contributed by atoms with van der Waals surface area (Å²) in [5.41, 5.74) is 0.374. The molecule has 1 aromatic carbocycles. The van der Waals surface area contributed by atoms with Gasteiger partial charge < -0.3 is 5.32 Å². The Morgan fingerprint density at radius 3 is 2.47 bits per heavy atom. The van der Waals surface area contributed by atoms with Crippen LogP contribution in [-0.4, -0.2) is 18.6 Å². The Balaban J connectivity index is 2.54. The molecule has 0 heterocycles. The number of benzene rings is 1. The normalized spacial score (nSPS) is 11.4. The van der Waals surface area contributed by atoms with Gasteiger partial charge >= 0.3 is 6.18 Å². The van der Waals surface area contributed by atoms with Crippen LogP contribution in [0.5, 0.6) is 0 Å². The molecule has 1 N–H and O–H groups in total. The highest BCUT2D eigenvalue weighted by Gasteiger charge is 2.27. The highest BCUT2D eigenvalue weighted by atomic mass is 35.5. The molecule has 93 valence electrons. The Labute approximate surface area is 106 Å². The molecule has 0 atom stereocenters. The first-order valence-electron chi connectivity index (χ1n) is 4.42. The van der Waals surface area contributed by atoms with Crippen LogP contribution < -0.4 is 5.32 Å². The van der Waals surface area contributed by atoms with Crippen molar-refractivity contribution in [2.75, 3.05) is 6.54 Å². The van der Waals surface area contributed by atoms with E-state index in [1.54, 1.807) is 5.32 Å². The van der Waals surface area contributed by atoms with Gasteiger partial charge in [0.25, 0.3) is 0 Å². The maximum atomic E-state index is 11.8. The number of rotatable bonds is 3. The Bertz CT molecular complexity index is 421. The van der Waals surface area contributed by atoms with Crippen molar-refractivity contribution in [1.82, 2.24) is 5.32 Å². The number of hydrogen-bond acceptors (Lipinski definition) is 1. The first-order valence-corrected chi connectivity index (χ1v) is 5.18. The third kappa shape index (κ3) is 5.28. The Hall–Kier alpha value is -0.940. The lowest BCUT2D eigenvalue weighted by atomic mass is 10.1. The van der Waals surface area contributed by atoms with Crippen molar-refractivity contribution < 1.29 is 18.0 Å². The minimum atomic E-state index is -4.43. The summed E-state index contributed by atoms with van der Waals surface area (Å²) in [6, 6.07) is 4.31. The van der Waals surface area contributed by atoms with Gasteiger partial charge in [0.2, 0.25) is 5.91 Å². The van der Waals surface area contributed by atoms with Gasteiger partial charge in [-0.3, -0.25) is 4.79 Å². The van der Waals surface area contributed by atoms with Crippen LogP contribution >= 0.6 is 23.2 Å². The first kappa shape index (κ1) is 14.1. The predicted octanol–water partition coefficient (Wildman–Crippen LogP) is 3.22. The second-order valence-corrected chi connectivity index (χ2v) is 3.97. The molecule has 7 heteroatoms. The van der Waals surface area contributed by atoms with Crippen LogP contribution in [0, 0.1) is 6.42 Å². The fraction of sp³-hybridized carbons (Fsp3) is 0.200. The van der Waals surface area contributed by atoms with Crippen LogP contribution in [0.15, 0.2) is 18.2 Å². The number of amides is 1. The number of hydrogen-bond donors (Lipinski definition) is 1. The van der Waals surface area contributed by atoms with E-state index in [0.717, 1.165) is 6.42 Å². The van der Waals surface area contributed by atoms with Crippen LogP contribution in [0.4, 0.5) is 13.2 Å². The molecule has 0 aliphatic carbocycles. The zero-order chi connectivity index (χ0) is 13.1. The van der Waals surface area contributed by atoms with Gasteiger partial charge in [-0.15, -0.1) is 0 Å². The summed E-state index contributed by atoms with van der Waals surface area (Å²) in [5, 5.41) is 2.24. The van der Waals surface area contributed by atoms with E-state index in [0.29, 0.717) is 10.6 Å². The lowest BCUT2D eigenvalue weighted by Gasteiger charge is -2.08. The molecule has 0 aliphatic heterocycles. The minimum absolute atomic E-state index is 0.226. The molecule has 0 fully saturated rings. The van der Waals surface area contributed by atoms with Gasteiger partial charge in [0.05, 0.1) is 16.5 Å². The lowest BCUT2D eigenvalue weighted by Crippen LogP contribution is -2.33. The average Bonchev–Trinajstić information content (AvgIpc) is 2.20. The Kier molecular flexibility index (Phi) is 4.65. The summed E-state index contributed by atoms with van der Waals surface area (Å²) in [6.45, 7) is -1.37.